The maximum absolute atomic E-state index is 14.0. The van der Waals surface area contributed by atoms with Crippen LogP contribution in [0.4, 0.5) is 13.2 Å². The van der Waals surface area contributed by atoms with E-state index in [1.54, 1.807) is 7.05 Å². The van der Waals surface area contributed by atoms with Gasteiger partial charge in [-0.15, -0.1) is 0 Å². The van der Waals surface area contributed by atoms with Crippen molar-refractivity contribution in [1.82, 2.24) is 10.3 Å². The molecule has 0 saturated carbocycles. The number of pyridine rings is 1. The van der Waals surface area contributed by atoms with Crippen LogP contribution in [-0.2, 0) is 0 Å². The summed E-state index contributed by atoms with van der Waals surface area (Å²) in [5.74, 6) is -1.90. The summed E-state index contributed by atoms with van der Waals surface area (Å²) in [7, 11) is 1.55. The Balaban J connectivity index is 2.54. The van der Waals surface area contributed by atoms with Crippen LogP contribution >= 0.6 is 15.9 Å². The van der Waals surface area contributed by atoms with E-state index in [4.69, 9.17) is 0 Å². The first-order chi connectivity index (χ1) is 9.04. The van der Waals surface area contributed by atoms with Crippen molar-refractivity contribution in [2.45, 2.75) is 6.04 Å². The van der Waals surface area contributed by atoms with Crippen LogP contribution in [0.1, 0.15) is 17.3 Å². The molecular formula is C13H10BrF3N2. The van der Waals surface area contributed by atoms with Gasteiger partial charge in [0.1, 0.15) is 17.5 Å². The van der Waals surface area contributed by atoms with Gasteiger partial charge in [0.05, 0.1) is 22.4 Å². The highest BCUT2D eigenvalue weighted by atomic mass is 79.9. The molecular weight excluding hydrogens is 321 g/mol. The Labute approximate surface area is 116 Å². The van der Waals surface area contributed by atoms with Gasteiger partial charge in [0.2, 0.25) is 0 Å². The summed E-state index contributed by atoms with van der Waals surface area (Å²) >= 11 is 3.01. The van der Waals surface area contributed by atoms with E-state index in [1.807, 2.05) is 0 Å². The monoisotopic (exact) mass is 330 g/mol. The topological polar surface area (TPSA) is 24.9 Å². The smallest absolute Gasteiger partial charge is 0.145 e. The van der Waals surface area contributed by atoms with E-state index in [0.717, 1.165) is 12.3 Å². The fourth-order valence-corrected chi connectivity index (χ4v) is 2.15. The molecule has 0 spiro atoms. The van der Waals surface area contributed by atoms with Crippen LogP contribution in [0.25, 0.3) is 0 Å². The molecule has 2 rings (SSSR count). The Hall–Kier alpha value is -1.40. The van der Waals surface area contributed by atoms with Crippen molar-refractivity contribution in [3.05, 3.63) is 63.6 Å². The normalized spacial score (nSPS) is 12.5. The Morgan fingerprint density at radius 2 is 1.89 bits per heavy atom. The van der Waals surface area contributed by atoms with Crippen molar-refractivity contribution >= 4 is 15.9 Å². The summed E-state index contributed by atoms with van der Waals surface area (Å²) in [5, 5.41) is 2.78. The fraction of sp³-hybridized carbons (Fsp3) is 0.154. The van der Waals surface area contributed by atoms with E-state index < -0.39 is 23.5 Å². The summed E-state index contributed by atoms with van der Waals surface area (Å²) in [6.07, 6.45) is 1.01. The second-order valence-electron chi connectivity index (χ2n) is 3.88. The first kappa shape index (κ1) is 14.0. The minimum atomic E-state index is -0.793. The average Bonchev–Trinajstić information content (AvgIpc) is 2.40. The number of aromatic nitrogens is 1. The van der Waals surface area contributed by atoms with Crippen molar-refractivity contribution < 1.29 is 13.2 Å². The summed E-state index contributed by atoms with van der Waals surface area (Å²) in [6, 6.07) is 4.24. The molecule has 0 amide bonds. The fourth-order valence-electron chi connectivity index (χ4n) is 1.81. The zero-order valence-corrected chi connectivity index (χ0v) is 11.5. The van der Waals surface area contributed by atoms with E-state index >= 15 is 0 Å². The number of nitrogens with zero attached hydrogens (tertiary/aromatic N) is 1. The van der Waals surface area contributed by atoms with Gasteiger partial charge in [-0.3, -0.25) is 4.98 Å². The molecule has 1 heterocycles. The van der Waals surface area contributed by atoms with Crippen LogP contribution in [0.5, 0.6) is 0 Å². The number of halogens is 4. The maximum Gasteiger partial charge on any atom is 0.145 e. The lowest BCUT2D eigenvalue weighted by molar-refractivity contribution is 0.513. The number of benzene rings is 1. The Morgan fingerprint density at radius 3 is 2.47 bits per heavy atom. The second kappa shape index (κ2) is 5.71. The van der Waals surface area contributed by atoms with Gasteiger partial charge < -0.3 is 5.32 Å². The molecule has 6 heteroatoms. The van der Waals surface area contributed by atoms with Gasteiger partial charge in [-0.1, -0.05) is 0 Å². The number of rotatable bonds is 3. The third-order valence-corrected chi connectivity index (χ3v) is 3.32. The van der Waals surface area contributed by atoms with E-state index in [9.17, 15) is 13.2 Å². The summed E-state index contributed by atoms with van der Waals surface area (Å²) < 4.78 is 40.9. The molecule has 2 nitrogen and oxygen atoms in total. The molecule has 1 unspecified atom stereocenters. The van der Waals surface area contributed by atoms with Gasteiger partial charge in [-0.2, -0.15) is 0 Å². The molecule has 1 aromatic carbocycles. The standard InChI is InChI=1S/C13H10BrF3N2/c1-18-13(10-5-2-7(15)6-19-10)11-9(16)4-3-8(14)12(11)17/h2-6,13,18H,1H3. The lowest BCUT2D eigenvalue weighted by atomic mass is 10.0. The van der Waals surface area contributed by atoms with Crippen molar-refractivity contribution in [3.8, 4) is 0 Å². The zero-order valence-electron chi connectivity index (χ0n) is 9.92. The van der Waals surface area contributed by atoms with Gasteiger partial charge >= 0.3 is 0 Å². The first-order valence-corrected chi connectivity index (χ1v) is 6.26. The maximum atomic E-state index is 14.0. The molecule has 1 aromatic heterocycles. The van der Waals surface area contributed by atoms with Crippen LogP contribution in [0, 0.1) is 17.5 Å². The molecule has 0 aliphatic rings. The largest absolute Gasteiger partial charge is 0.308 e. The lowest BCUT2D eigenvalue weighted by Crippen LogP contribution is -2.21. The second-order valence-corrected chi connectivity index (χ2v) is 4.73. The van der Waals surface area contributed by atoms with Crippen molar-refractivity contribution in [2.75, 3.05) is 7.05 Å². The third-order valence-electron chi connectivity index (χ3n) is 2.70. The van der Waals surface area contributed by atoms with E-state index in [0.29, 0.717) is 5.69 Å². The highest BCUT2D eigenvalue weighted by Crippen LogP contribution is 2.29. The van der Waals surface area contributed by atoms with Crippen LogP contribution in [0.3, 0.4) is 0 Å². The highest BCUT2D eigenvalue weighted by Gasteiger charge is 2.23. The molecule has 0 radical (unpaired) electrons. The van der Waals surface area contributed by atoms with Crippen LogP contribution in [0.15, 0.2) is 34.9 Å². The predicted molar refractivity (Wildman–Crippen MR) is 69.2 cm³/mol. The van der Waals surface area contributed by atoms with Crippen LogP contribution in [-0.4, -0.2) is 12.0 Å². The van der Waals surface area contributed by atoms with Gasteiger partial charge in [-0.05, 0) is 47.2 Å². The lowest BCUT2D eigenvalue weighted by Gasteiger charge is -2.18. The summed E-state index contributed by atoms with van der Waals surface area (Å²) in [4.78, 5) is 3.85. The van der Waals surface area contributed by atoms with Gasteiger partial charge in [0.25, 0.3) is 0 Å². The molecule has 1 atom stereocenters. The molecule has 1 N–H and O–H groups in total. The van der Waals surface area contributed by atoms with Crippen molar-refractivity contribution in [2.24, 2.45) is 0 Å². The molecule has 0 bridgehead atoms. The number of hydrogen-bond acceptors (Lipinski definition) is 2. The van der Waals surface area contributed by atoms with Gasteiger partial charge in [0.15, 0.2) is 0 Å². The summed E-state index contributed by atoms with van der Waals surface area (Å²) in [6.45, 7) is 0. The first-order valence-electron chi connectivity index (χ1n) is 5.46. The van der Waals surface area contributed by atoms with Gasteiger partial charge in [-0.25, -0.2) is 13.2 Å². The van der Waals surface area contributed by atoms with Crippen LogP contribution in [0.2, 0.25) is 0 Å². The third kappa shape index (κ3) is 2.79. The van der Waals surface area contributed by atoms with Crippen molar-refractivity contribution in [3.63, 3.8) is 0 Å². The number of nitrogens with one attached hydrogen (secondary N) is 1. The average molecular weight is 331 g/mol. The molecule has 0 aliphatic carbocycles. The van der Waals surface area contributed by atoms with E-state index in [2.05, 4.69) is 26.2 Å². The molecule has 19 heavy (non-hydrogen) atoms. The molecule has 2 aromatic rings. The predicted octanol–water partition coefficient (Wildman–Crippen LogP) is 3.57. The molecule has 0 aliphatic heterocycles. The quantitative estimate of drug-likeness (QED) is 0.870. The minimum Gasteiger partial charge on any atom is -0.308 e. The minimum absolute atomic E-state index is 0.156. The Bertz CT molecular complexity index is 587. The van der Waals surface area contributed by atoms with Crippen LogP contribution < -0.4 is 5.32 Å². The SMILES string of the molecule is CNC(c1ccc(F)cn1)c1c(F)ccc(Br)c1F. The highest BCUT2D eigenvalue weighted by molar-refractivity contribution is 9.10. The van der Waals surface area contributed by atoms with E-state index in [1.165, 1.54) is 18.2 Å². The number of hydrogen-bond donors (Lipinski definition) is 1. The molecule has 0 fully saturated rings. The Kier molecular flexibility index (Phi) is 4.21. The van der Waals surface area contributed by atoms with E-state index in [-0.39, 0.29) is 10.0 Å². The molecule has 100 valence electrons. The zero-order chi connectivity index (χ0) is 14.0. The molecule has 0 saturated heterocycles. The van der Waals surface area contributed by atoms with Gasteiger partial charge in [0, 0.05) is 5.56 Å². The van der Waals surface area contributed by atoms with Crippen molar-refractivity contribution in [1.29, 1.82) is 0 Å². The Morgan fingerprint density at radius 1 is 1.16 bits per heavy atom. The summed E-state index contributed by atoms with van der Waals surface area (Å²) in [5.41, 5.74) is 0.177.